The highest BCUT2D eigenvalue weighted by molar-refractivity contribution is 5.80. The number of nitrogens with zero attached hydrogens (tertiary/aromatic N) is 2. The molecular weight excluding hydrogens is 302 g/mol. The van der Waals surface area contributed by atoms with E-state index in [0.29, 0.717) is 11.0 Å². The van der Waals surface area contributed by atoms with Gasteiger partial charge >= 0.3 is 0 Å². The molecule has 5 nitrogen and oxygen atoms in total. The maximum Gasteiger partial charge on any atom is 0.269 e. The number of carbonyl (C=O) groups is 1. The van der Waals surface area contributed by atoms with Crippen LogP contribution in [0.2, 0.25) is 0 Å². The van der Waals surface area contributed by atoms with Crippen molar-refractivity contribution < 1.29 is 4.79 Å². The molecule has 24 heavy (non-hydrogen) atoms. The third-order valence-electron chi connectivity index (χ3n) is 4.01. The highest BCUT2D eigenvalue weighted by atomic mass is 16.2. The number of benzene rings is 2. The van der Waals surface area contributed by atoms with Crippen molar-refractivity contribution in [1.82, 2.24) is 14.9 Å². The lowest BCUT2D eigenvalue weighted by Gasteiger charge is -2.16. The maximum atomic E-state index is 12.4. The van der Waals surface area contributed by atoms with Crippen molar-refractivity contribution in [2.24, 2.45) is 0 Å². The summed E-state index contributed by atoms with van der Waals surface area (Å²) in [4.78, 5) is 28.6. The molecule has 1 atom stereocenters. The predicted molar refractivity (Wildman–Crippen MR) is 93.7 cm³/mol. The number of hydrogen-bond acceptors (Lipinski definition) is 3. The summed E-state index contributed by atoms with van der Waals surface area (Å²) in [5.41, 5.74) is 3.26. The molecule has 122 valence electrons. The second-order valence-corrected chi connectivity index (χ2v) is 5.87. The standard InChI is InChI=1S/C19H19N3O2/c1-13-7-9-15(10-8-13)14(2)21-18(23)12-22-17-6-4-3-5-16(17)20-11-19(22)24/h3-11,14H,12H2,1-2H3,(H,21,23). The first-order valence-electron chi connectivity index (χ1n) is 7.85. The van der Waals surface area contributed by atoms with Crippen LogP contribution >= 0.6 is 0 Å². The third-order valence-corrected chi connectivity index (χ3v) is 4.01. The molecule has 1 amide bonds. The molecule has 1 unspecified atom stereocenters. The van der Waals surface area contributed by atoms with Crippen LogP contribution < -0.4 is 10.9 Å². The van der Waals surface area contributed by atoms with E-state index in [0.717, 1.165) is 5.56 Å². The van der Waals surface area contributed by atoms with E-state index in [2.05, 4.69) is 10.3 Å². The Kier molecular flexibility index (Phi) is 4.42. The zero-order valence-corrected chi connectivity index (χ0v) is 13.7. The summed E-state index contributed by atoms with van der Waals surface area (Å²) in [5.74, 6) is -0.207. The highest BCUT2D eigenvalue weighted by Gasteiger charge is 2.12. The van der Waals surface area contributed by atoms with Gasteiger partial charge in [-0.05, 0) is 31.5 Å². The van der Waals surface area contributed by atoms with E-state index in [1.807, 2.05) is 56.3 Å². The number of aryl methyl sites for hydroxylation is 1. The van der Waals surface area contributed by atoms with Gasteiger partial charge in [-0.15, -0.1) is 0 Å². The number of fused-ring (bicyclic) bond motifs is 1. The minimum absolute atomic E-state index is 0.0297. The van der Waals surface area contributed by atoms with Crippen molar-refractivity contribution in [1.29, 1.82) is 0 Å². The number of para-hydroxylation sites is 2. The lowest BCUT2D eigenvalue weighted by molar-refractivity contribution is -0.122. The van der Waals surface area contributed by atoms with Crippen molar-refractivity contribution in [2.75, 3.05) is 0 Å². The van der Waals surface area contributed by atoms with Crippen molar-refractivity contribution in [3.05, 3.63) is 76.2 Å². The molecule has 0 radical (unpaired) electrons. The lowest BCUT2D eigenvalue weighted by Crippen LogP contribution is -2.34. The lowest BCUT2D eigenvalue weighted by atomic mass is 10.1. The zero-order valence-electron chi connectivity index (χ0n) is 13.7. The predicted octanol–water partition coefficient (Wildman–Crippen LogP) is 2.58. The minimum atomic E-state index is -0.285. The Hall–Kier alpha value is -2.95. The number of amides is 1. The number of aromatic nitrogens is 2. The molecular formula is C19H19N3O2. The number of carbonyl (C=O) groups excluding carboxylic acids is 1. The van der Waals surface area contributed by atoms with Crippen LogP contribution in [0.4, 0.5) is 0 Å². The summed E-state index contributed by atoms with van der Waals surface area (Å²) in [7, 11) is 0. The molecule has 5 heteroatoms. The fourth-order valence-electron chi connectivity index (χ4n) is 2.65. The van der Waals surface area contributed by atoms with Gasteiger partial charge in [-0.2, -0.15) is 0 Å². The van der Waals surface area contributed by atoms with Crippen LogP contribution in [-0.2, 0) is 11.3 Å². The van der Waals surface area contributed by atoms with E-state index in [1.165, 1.54) is 16.3 Å². The van der Waals surface area contributed by atoms with E-state index < -0.39 is 0 Å². The fraction of sp³-hybridized carbons (Fsp3) is 0.211. The molecule has 0 saturated carbocycles. The van der Waals surface area contributed by atoms with Crippen molar-refractivity contribution in [3.63, 3.8) is 0 Å². The van der Waals surface area contributed by atoms with Crippen LogP contribution in [0, 0.1) is 6.92 Å². The molecule has 3 rings (SSSR count). The van der Waals surface area contributed by atoms with Crippen LogP contribution in [0.1, 0.15) is 24.1 Å². The number of hydrogen-bond donors (Lipinski definition) is 1. The molecule has 0 aliphatic carbocycles. The van der Waals surface area contributed by atoms with Gasteiger partial charge in [0.25, 0.3) is 5.56 Å². The van der Waals surface area contributed by atoms with Crippen molar-refractivity contribution in [3.8, 4) is 0 Å². The van der Waals surface area contributed by atoms with E-state index in [1.54, 1.807) is 6.07 Å². The SMILES string of the molecule is Cc1ccc(C(C)NC(=O)Cn2c(=O)cnc3ccccc32)cc1. The highest BCUT2D eigenvalue weighted by Crippen LogP contribution is 2.13. The molecule has 0 spiro atoms. The second-order valence-electron chi connectivity index (χ2n) is 5.87. The minimum Gasteiger partial charge on any atom is -0.348 e. The Morgan fingerprint density at radius 1 is 1.17 bits per heavy atom. The van der Waals surface area contributed by atoms with Crippen LogP contribution in [-0.4, -0.2) is 15.5 Å². The molecule has 1 aromatic heterocycles. The first kappa shape index (κ1) is 15.9. The zero-order chi connectivity index (χ0) is 17.1. The molecule has 2 aromatic carbocycles. The average molecular weight is 321 g/mol. The molecule has 3 aromatic rings. The van der Waals surface area contributed by atoms with Gasteiger partial charge < -0.3 is 5.32 Å². The van der Waals surface area contributed by atoms with E-state index in [9.17, 15) is 9.59 Å². The Morgan fingerprint density at radius 3 is 2.62 bits per heavy atom. The molecule has 0 bridgehead atoms. The largest absolute Gasteiger partial charge is 0.348 e. The molecule has 0 aliphatic heterocycles. The Morgan fingerprint density at radius 2 is 1.88 bits per heavy atom. The number of nitrogens with one attached hydrogen (secondary N) is 1. The smallest absolute Gasteiger partial charge is 0.269 e. The van der Waals surface area contributed by atoms with Crippen LogP contribution in [0.25, 0.3) is 11.0 Å². The van der Waals surface area contributed by atoms with Gasteiger partial charge in [0, 0.05) is 0 Å². The fourth-order valence-corrected chi connectivity index (χ4v) is 2.65. The van der Waals surface area contributed by atoms with Crippen molar-refractivity contribution >= 4 is 16.9 Å². The van der Waals surface area contributed by atoms with Gasteiger partial charge in [0.1, 0.15) is 6.54 Å². The Labute approximate surface area is 140 Å². The van der Waals surface area contributed by atoms with Crippen LogP contribution in [0.3, 0.4) is 0 Å². The van der Waals surface area contributed by atoms with E-state index in [-0.39, 0.29) is 24.1 Å². The van der Waals surface area contributed by atoms with Crippen molar-refractivity contribution in [2.45, 2.75) is 26.4 Å². The van der Waals surface area contributed by atoms with Gasteiger partial charge in [-0.1, -0.05) is 42.0 Å². The summed E-state index contributed by atoms with van der Waals surface area (Å²) >= 11 is 0. The summed E-state index contributed by atoms with van der Waals surface area (Å²) in [5, 5.41) is 2.94. The van der Waals surface area contributed by atoms with Gasteiger partial charge in [0.15, 0.2) is 0 Å². The Balaban J connectivity index is 1.79. The first-order valence-corrected chi connectivity index (χ1v) is 7.85. The van der Waals surface area contributed by atoms with Gasteiger partial charge in [-0.3, -0.25) is 14.2 Å². The molecule has 0 saturated heterocycles. The quantitative estimate of drug-likeness (QED) is 0.803. The van der Waals surface area contributed by atoms with E-state index in [4.69, 9.17) is 0 Å². The van der Waals surface area contributed by atoms with Gasteiger partial charge in [0.2, 0.25) is 5.91 Å². The van der Waals surface area contributed by atoms with Gasteiger partial charge in [0.05, 0.1) is 23.3 Å². The normalized spacial score (nSPS) is 12.1. The topological polar surface area (TPSA) is 64.0 Å². The monoisotopic (exact) mass is 321 g/mol. The molecule has 1 heterocycles. The van der Waals surface area contributed by atoms with E-state index >= 15 is 0 Å². The van der Waals surface area contributed by atoms with Crippen LogP contribution in [0.15, 0.2) is 59.5 Å². The summed E-state index contributed by atoms with van der Waals surface area (Å²) in [6.45, 7) is 3.92. The maximum absolute atomic E-state index is 12.4. The molecule has 0 fully saturated rings. The molecule has 0 aliphatic rings. The number of rotatable bonds is 4. The average Bonchev–Trinajstić information content (AvgIpc) is 2.58. The Bertz CT molecular complexity index is 929. The first-order chi connectivity index (χ1) is 11.5. The second kappa shape index (κ2) is 6.66. The van der Waals surface area contributed by atoms with Gasteiger partial charge in [-0.25, -0.2) is 4.98 Å². The molecule has 1 N–H and O–H groups in total. The summed E-state index contributed by atoms with van der Waals surface area (Å²) < 4.78 is 1.44. The summed E-state index contributed by atoms with van der Waals surface area (Å²) in [6.07, 6.45) is 1.25. The summed E-state index contributed by atoms with van der Waals surface area (Å²) in [6, 6.07) is 15.2. The third kappa shape index (κ3) is 3.35. The van der Waals surface area contributed by atoms with Crippen LogP contribution in [0.5, 0.6) is 0 Å².